The summed E-state index contributed by atoms with van der Waals surface area (Å²) in [6.45, 7) is 1.35. The first-order chi connectivity index (χ1) is 12.3. The van der Waals surface area contributed by atoms with E-state index in [0.29, 0.717) is 5.69 Å². The van der Waals surface area contributed by atoms with E-state index in [0.717, 1.165) is 0 Å². The monoisotopic (exact) mass is 374 g/mol. The van der Waals surface area contributed by atoms with Gasteiger partial charge in [0.15, 0.2) is 0 Å². The molecule has 26 heavy (non-hydrogen) atoms. The fraction of sp³-hybridized carbons (Fsp3) is 0.0625. The lowest BCUT2D eigenvalue weighted by atomic mass is 10.2. The van der Waals surface area contributed by atoms with Gasteiger partial charge in [-0.3, -0.25) is 29.3 Å². The maximum Gasteiger partial charge on any atom is 0.270 e. The average Bonchev–Trinajstić information content (AvgIpc) is 2.58. The predicted molar refractivity (Wildman–Crippen MR) is 96.7 cm³/mol. The Balaban J connectivity index is 1.93. The molecule has 0 fully saturated rings. The van der Waals surface area contributed by atoms with E-state index in [-0.39, 0.29) is 27.3 Å². The van der Waals surface area contributed by atoms with Crippen LogP contribution in [0.15, 0.2) is 56.9 Å². The van der Waals surface area contributed by atoms with Gasteiger partial charge in [0.1, 0.15) is 0 Å². The zero-order chi connectivity index (χ0) is 18.9. The van der Waals surface area contributed by atoms with Crippen LogP contribution in [0.2, 0.25) is 0 Å². The topological polar surface area (TPSA) is 141 Å². The highest BCUT2D eigenvalue weighted by molar-refractivity contribution is 7.92. The Morgan fingerprint density at radius 1 is 0.885 bits per heavy atom. The molecule has 2 aromatic carbocycles. The van der Waals surface area contributed by atoms with Crippen molar-refractivity contribution < 1.29 is 13.2 Å². The van der Waals surface area contributed by atoms with Gasteiger partial charge in [0.25, 0.3) is 21.1 Å². The Bertz CT molecular complexity index is 1210. The average molecular weight is 374 g/mol. The summed E-state index contributed by atoms with van der Waals surface area (Å²) in [5.74, 6) is -0.268. The number of sulfonamides is 1. The molecule has 0 spiro atoms. The molecule has 0 aliphatic carbocycles. The van der Waals surface area contributed by atoms with Gasteiger partial charge in [0, 0.05) is 18.3 Å². The maximum atomic E-state index is 12.5. The van der Waals surface area contributed by atoms with Crippen LogP contribution in [0.5, 0.6) is 0 Å². The molecule has 0 aliphatic rings. The van der Waals surface area contributed by atoms with Crippen molar-refractivity contribution in [3.05, 3.63) is 63.2 Å². The highest BCUT2D eigenvalue weighted by atomic mass is 32.2. The number of aromatic amines is 2. The summed E-state index contributed by atoms with van der Waals surface area (Å²) in [7, 11) is -3.91. The second-order valence-electron chi connectivity index (χ2n) is 5.48. The number of carbonyl (C=O) groups is 1. The summed E-state index contributed by atoms with van der Waals surface area (Å²) in [4.78, 5) is 34.4. The third-order valence-corrected chi connectivity index (χ3v) is 4.93. The Hall–Kier alpha value is -3.40. The van der Waals surface area contributed by atoms with Gasteiger partial charge in [-0.2, -0.15) is 0 Å². The zero-order valence-electron chi connectivity index (χ0n) is 13.5. The van der Waals surface area contributed by atoms with E-state index < -0.39 is 21.1 Å². The summed E-state index contributed by atoms with van der Waals surface area (Å²) in [5, 5.41) is 7.13. The minimum absolute atomic E-state index is 0.0217. The maximum absolute atomic E-state index is 12.5. The molecule has 0 radical (unpaired) electrons. The summed E-state index contributed by atoms with van der Waals surface area (Å²) < 4.78 is 27.3. The van der Waals surface area contributed by atoms with Crippen LogP contribution in [0.25, 0.3) is 10.8 Å². The third-order valence-electron chi connectivity index (χ3n) is 3.54. The second-order valence-corrected chi connectivity index (χ2v) is 7.16. The molecule has 0 atom stereocenters. The van der Waals surface area contributed by atoms with Crippen LogP contribution in [0, 0.1) is 0 Å². The largest absolute Gasteiger partial charge is 0.326 e. The van der Waals surface area contributed by atoms with Crippen molar-refractivity contribution in [3.63, 3.8) is 0 Å². The SMILES string of the molecule is CC(=O)Nc1ccc(S(=O)(=O)Nc2ccc3c(=O)[nH][nH]c(=O)c3c2)cc1. The van der Waals surface area contributed by atoms with Crippen molar-refractivity contribution in [1.82, 2.24) is 10.2 Å². The van der Waals surface area contributed by atoms with E-state index in [4.69, 9.17) is 0 Å². The molecule has 0 unspecified atom stereocenters. The van der Waals surface area contributed by atoms with E-state index in [1.807, 2.05) is 0 Å². The fourth-order valence-electron chi connectivity index (χ4n) is 2.38. The Morgan fingerprint density at radius 3 is 2.08 bits per heavy atom. The quantitative estimate of drug-likeness (QED) is 0.539. The van der Waals surface area contributed by atoms with Crippen LogP contribution < -0.4 is 21.2 Å². The summed E-state index contributed by atoms with van der Waals surface area (Å²) >= 11 is 0. The fourth-order valence-corrected chi connectivity index (χ4v) is 3.43. The lowest BCUT2D eigenvalue weighted by Gasteiger charge is -2.09. The number of carbonyl (C=O) groups excluding carboxylic acids is 1. The number of hydrogen-bond acceptors (Lipinski definition) is 5. The first-order valence-electron chi connectivity index (χ1n) is 7.41. The summed E-state index contributed by atoms with van der Waals surface area (Å²) in [5.41, 5.74) is -0.421. The molecule has 9 nitrogen and oxygen atoms in total. The number of rotatable bonds is 4. The van der Waals surface area contributed by atoms with Gasteiger partial charge in [0.05, 0.1) is 15.7 Å². The van der Waals surface area contributed by atoms with Crippen LogP contribution in [-0.2, 0) is 14.8 Å². The van der Waals surface area contributed by atoms with Gasteiger partial charge < -0.3 is 5.32 Å². The molecule has 1 aromatic heterocycles. The van der Waals surface area contributed by atoms with Crippen LogP contribution >= 0.6 is 0 Å². The molecule has 4 N–H and O–H groups in total. The number of hydrogen-bond donors (Lipinski definition) is 4. The Morgan fingerprint density at radius 2 is 1.46 bits per heavy atom. The van der Waals surface area contributed by atoms with E-state index in [1.54, 1.807) is 0 Å². The van der Waals surface area contributed by atoms with Gasteiger partial charge in [-0.1, -0.05) is 0 Å². The van der Waals surface area contributed by atoms with Crippen molar-refractivity contribution >= 4 is 38.1 Å². The molecular formula is C16H14N4O5S. The second kappa shape index (κ2) is 6.48. The van der Waals surface area contributed by atoms with Crippen molar-refractivity contribution in [1.29, 1.82) is 0 Å². The molecule has 0 saturated carbocycles. The molecule has 0 aliphatic heterocycles. The van der Waals surface area contributed by atoms with Crippen LogP contribution in [0.3, 0.4) is 0 Å². The predicted octanol–water partition coefficient (Wildman–Crippen LogP) is 0.976. The minimum Gasteiger partial charge on any atom is -0.326 e. The van der Waals surface area contributed by atoms with Crippen LogP contribution in [0.1, 0.15) is 6.92 Å². The number of fused-ring (bicyclic) bond motifs is 1. The van der Waals surface area contributed by atoms with Gasteiger partial charge in [0.2, 0.25) is 5.91 Å². The van der Waals surface area contributed by atoms with Crippen molar-refractivity contribution in [2.24, 2.45) is 0 Å². The lowest BCUT2D eigenvalue weighted by Crippen LogP contribution is -2.19. The molecule has 0 bridgehead atoms. The highest BCUT2D eigenvalue weighted by Gasteiger charge is 2.15. The van der Waals surface area contributed by atoms with E-state index in [1.165, 1.54) is 49.4 Å². The molecule has 134 valence electrons. The Kier molecular flexibility index (Phi) is 4.34. The molecule has 0 saturated heterocycles. The standard InChI is InChI=1S/C16H14N4O5S/c1-9(21)17-10-2-5-12(6-3-10)26(24,25)20-11-4-7-13-14(8-11)16(23)19-18-15(13)22/h2-8,20H,1H3,(H,17,21)(H,18,22)(H,19,23). The third kappa shape index (κ3) is 3.49. The molecule has 1 amide bonds. The lowest BCUT2D eigenvalue weighted by molar-refractivity contribution is -0.114. The van der Waals surface area contributed by atoms with Crippen molar-refractivity contribution in [2.45, 2.75) is 11.8 Å². The summed E-state index contributed by atoms with van der Waals surface area (Å²) in [6.07, 6.45) is 0. The number of benzene rings is 2. The van der Waals surface area contributed by atoms with E-state index in [2.05, 4.69) is 20.2 Å². The van der Waals surface area contributed by atoms with Crippen molar-refractivity contribution in [2.75, 3.05) is 10.0 Å². The smallest absolute Gasteiger partial charge is 0.270 e. The molecule has 10 heteroatoms. The molecule has 3 aromatic rings. The number of amides is 1. The zero-order valence-corrected chi connectivity index (χ0v) is 14.3. The first kappa shape index (κ1) is 17.4. The van der Waals surface area contributed by atoms with Crippen molar-refractivity contribution in [3.8, 4) is 0 Å². The van der Waals surface area contributed by atoms with Crippen LogP contribution in [-0.4, -0.2) is 24.5 Å². The normalized spacial score (nSPS) is 11.3. The molecule has 1 heterocycles. The van der Waals surface area contributed by atoms with Gasteiger partial charge in [-0.05, 0) is 42.5 Å². The number of H-pyrrole nitrogens is 2. The minimum atomic E-state index is -3.91. The molecular weight excluding hydrogens is 360 g/mol. The Labute approximate surface area is 147 Å². The first-order valence-corrected chi connectivity index (χ1v) is 8.90. The number of anilines is 2. The van der Waals surface area contributed by atoms with Crippen LogP contribution in [0.4, 0.5) is 11.4 Å². The van der Waals surface area contributed by atoms with E-state index >= 15 is 0 Å². The highest BCUT2D eigenvalue weighted by Crippen LogP contribution is 2.20. The van der Waals surface area contributed by atoms with Gasteiger partial charge in [-0.15, -0.1) is 0 Å². The van der Waals surface area contributed by atoms with Gasteiger partial charge >= 0.3 is 0 Å². The van der Waals surface area contributed by atoms with E-state index in [9.17, 15) is 22.8 Å². The number of nitrogens with one attached hydrogen (secondary N) is 4. The number of aromatic nitrogens is 2. The molecule has 3 rings (SSSR count). The van der Waals surface area contributed by atoms with Gasteiger partial charge in [-0.25, -0.2) is 8.42 Å². The summed E-state index contributed by atoms with van der Waals surface area (Å²) in [6, 6.07) is 9.63.